The quantitative estimate of drug-likeness (QED) is 0.840. The van der Waals surface area contributed by atoms with Crippen LogP contribution in [0.15, 0.2) is 24.5 Å². The number of hydrogen-bond donors (Lipinski definition) is 2. The molecule has 4 rings (SSSR count). The van der Waals surface area contributed by atoms with Crippen molar-refractivity contribution < 1.29 is 9.59 Å². The Morgan fingerprint density at radius 1 is 1.00 bits per heavy atom. The zero-order chi connectivity index (χ0) is 17.6. The molecule has 2 atom stereocenters. The van der Waals surface area contributed by atoms with Crippen LogP contribution in [0.1, 0.15) is 33.8 Å². The van der Waals surface area contributed by atoms with Crippen LogP contribution in [0.3, 0.4) is 0 Å². The number of carbonyl (C=O) groups excluding carboxylic acids is 2. The highest BCUT2D eigenvalue weighted by Gasteiger charge is 2.43. The first-order chi connectivity index (χ1) is 12.0. The van der Waals surface area contributed by atoms with Gasteiger partial charge in [0.05, 0.1) is 16.1 Å². The fourth-order valence-corrected chi connectivity index (χ4v) is 4.23. The lowest BCUT2D eigenvalue weighted by atomic mass is 9.92. The number of nitrogens with zero attached hydrogens (tertiary/aromatic N) is 2. The van der Waals surface area contributed by atoms with Crippen molar-refractivity contribution in [1.82, 2.24) is 19.8 Å². The smallest absolute Gasteiger partial charge is 0.270 e. The van der Waals surface area contributed by atoms with Crippen LogP contribution < -0.4 is 0 Å². The lowest BCUT2D eigenvalue weighted by Gasteiger charge is -2.36. The molecule has 2 aromatic heterocycles. The van der Waals surface area contributed by atoms with Gasteiger partial charge in [0, 0.05) is 32.0 Å². The van der Waals surface area contributed by atoms with Crippen molar-refractivity contribution in [2.75, 3.05) is 19.6 Å². The van der Waals surface area contributed by atoms with Crippen LogP contribution in [-0.4, -0.2) is 57.3 Å². The predicted octanol–water partition coefficient (Wildman–Crippen LogP) is 3.03. The topological polar surface area (TPSA) is 72.2 Å². The average molecular weight is 381 g/mol. The zero-order valence-electron chi connectivity index (χ0n) is 13.5. The number of likely N-dealkylation sites (tertiary alicyclic amines) is 2. The number of hydrogen-bond acceptors (Lipinski definition) is 2. The predicted molar refractivity (Wildman–Crippen MR) is 95.1 cm³/mol. The Kier molecular flexibility index (Phi) is 4.25. The second kappa shape index (κ2) is 6.42. The summed E-state index contributed by atoms with van der Waals surface area (Å²) in [6.45, 7) is 1.91. The number of H-pyrrole nitrogens is 2. The molecule has 25 heavy (non-hydrogen) atoms. The van der Waals surface area contributed by atoms with Crippen LogP contribution in [0, 0.1) is 5.92 Å². The Balaban J connectivity index is 1.52. The summed E-state index contributed by atoms with van der Waals surface area (Å²) >= 11 is 11.8. The molecule has 0 saturated carbocycles. The van der Waals surface area contributed by atoms with Gasteiger partial charge < -0.3 is 19.8 Å². The Morgan fingerprint density at radius 2 is 1.64 bits per heavy atom. The molecule has 0 aromatic carbocycles. The van der Waals surface area contributed by atoms with E-state index in [-0.39, 0.29) is 17.9 Å². The molecule has 2 N–H and O–H groups in total. The highest BCUT2D eigenvalue weighted by Crippen LogP contribution is 2.32. The first kappa shape index (κ1) is 16.5. The lowest BCUT2D eigenvalue weighted by molar-refractivity contribution is 0.0559. The third-order valence-corrected chi connectivity index (χ3v) is 5.52. The van der Waals surface area contributed by atoms with E-state index in [1.54, 1.807) is 24.5 Å². The van der Waals surface area contributed by atoms with E-state index in [0.717, 1.165) is 12.8 Å². The normalized spacial score (nSPS) is 23.0. The molecule has 2 amide bonds. The molecule has 4 heterocycles. The van der Waals surface area contributed by atoms with E-state index in [1.165, 1.54) is 0 Å². The molecule has 8 heteroatoms. The average Bonchev–Trinajstić information content (AvgIpc) is 3.32. The molecule has 0 aliphatic carbocycles. The van der Waals surface area contributed by atoms with Gasteiger partial charge >= 0.3 is 0 Å². The summed E-state index contributed by atoms with van der Waals surface area (Å²) in [5.41, 5.74) is 0.976. The number of amides is 2. The largest absolute Gasteiger partial charge is 0.356 e. The van der Waals surface area contributed by atoms with Crippen LogP contribution in [0.2, 0.25) is 10.0 Å². The molecule has 0 unspecified atom stereocenters. The van der Waals surface area contributed by atoms with Gasteiger partial charge in [0.25, 0.3) is 11.8 Å². The van der Waals surface area contributed by atoms with Gasteiger partial charge in [0.15, 0.2) is 0 Å². The van der Waals surface area contributed by atoms with Gasteiger partial charge in [-0.2, -0.15) is 0 Å². The van der Waals surface area contributed by atoms with Crippen molar-refractivity contribution in [1.29, 1.82) is 0 Å². The second-order valence-electron chi connectivity index (χ2n) is 6.64. The molecule has 2 aliphatic heterocycles. The molecular weight excluding hydrogens is 363 g/mol. The van der Waals surface area contributed by atoms with E-state index in [4.69, 9.17) is 23.2 Å². The molecule has 2 aromatic rings. The molecule has 0 spiro atoms. The maximum absolute atomic E-state index is 12.8. The number of halogens is 2. The highest BCUT2D eigenvalue weighted by atomic mass is 35.5. The summed E-state index contributed by atoms with van der Waals surface area (Å²) in [4.78, 5) is 35.0. The van der Waals surface area contributed by atoms with E-state index in [9.17, 15) is 9.59 Å². The summed E-state index contributed by atoms with van der Waals surface area (Å²) in [6, 6.07) is 3.32. The van der Waals surface area contributed by atoms with Gasteiger partial charge in [0.1, 0.15) is 11.4 Å². The van der Waals surface area contributed by atoms with E-state index in [2.05, 4.69) is 9.97 Å². The Bertz CT molecular complexity index is 815. The Labute approximate surface area is 155 Å². The lowest BCUT2D eigenvalue weighted by Crippen LogP contribution is -2.48. The van der Waals surface area contributed by atoms with Gasteiger partial charge in [-0.15, -0.1) is 0 Å². The summed E-state index contributed by atoms with van der Waals surface area (Å²) in [6.07, 6.45) is 5.17. The molecule has 0 bridgehead atoms. The van der Waals surface area contributed by atoms with Crippen molar-refractivity contribution in [3.8, 4) is 0 Å². The number of rotatable bonds is 2. The SMILES string of the molecule is O=C(c1cc(Cl)c[nH]1)N1C[C@@H]2CCCN(C(=O)c3cc(Cl)c[nH]3)[C@@H]2C1. The number of fused-ring (bicyclic) bond motifs is 1. The first-order valence-electron chi connectivity index (χ1n) is 8.31. The molecule has 0 radical (unpaired) electrons. The van der Waals surface area contributed by atoms with Gasteiger partial charge in [-0.25, -0.2) is 0 Å². The number of carbonyl (C=O) groups is 2. The second-order valence-corrected chi connectivity index (χ2v) is 7.51. The number of piperidine rings is 1. The molecule has 2 aliphatic rings. The van der Waals surface area contributed by atoms with Crippen LogP contribution in [0.4, 0.5) is 0 Å². The zero-order valence-corrected chi connectivity index (χ0v) is 15.0. The van der Waals surface area contributed by atoms with Gasteiger partial charge in [-0.05, 0) is 30.9 Å². The summed E-state index contributed by atoms with van der Waals surface area (Å²) in [5, 5.41) is 1.03. The van der Waals surface area contributed by atoms with E-state index in [0.29, 0.717) is 47.0 Å². The highest BCUT2D eigenvalue weighted by molar-refractivity contribution is 6.31. The molecule has 2 fully saturated rings. The fraction of sp³-hybridized carbons (Fsp3) is 0.412. The van der Waals surface area contributed by atoms with Crippen LogP contribution in [0.25, 0.3) is 0 Å². The minimum Gasteiger partial charge on any atom is -0.356 e. The monoisotopic (exact) mass is 380 g/mol. The van der Waals surface area contributed by atoms with Crippen molar-refractivity contribution in [3.63, 3.8) is 0 Å². The third-order valence-electron chi connectivity index (χ3n) is 5.09. The minimum atomic E-state index is -0.0726. The summed E-state index contributed by atoms with van der Waals surface area (Å²) in [7, 11) is 0. The van der Waals surface area contributed by atoms with Gasteiger partial charge in [-0.3, -0.25) is 9.59 Å². The maximum atomic E-state index is 12.8. The van der Waals surface area contributed by atoms with Crippen molar-refractivity contribution in [3.05, 3.63) is 46.0 Å². The first-order valence-corrected chi connectivity index (χ1v) is 9.06. The van der Waals surface area contributed by atoms with Crippen molar-refractivity contribution >= 4 is 35.0 Å². The number of aromatic nitrogens is 2. The van der Waals surface area contributed by atoms with Crippen molar-refractivity contribution in [2.24, 2.45) is 5.92 Å². The third kappa shape index (κ3) is 3.04. The minimum absolute atomic E-state index is 0.0395. The Hall–Kier alpha value is -1.92. The van der Waals surface area contributed by atoms with Crippen LogP contribution in [0.5, 0.6) is 0 Å². The van der Waals surface area contributed by atoms with Crippen LogP contribution in [-0.2, 0) is 0 Å². The molecule has 132 valence electrons. The molecular formula is C17H18Cl2N4O2. The standard InChI is InChI=1S/C17H18Cl2N4O2/c18-11-4-13(20-6-11)16(24)22-8-10-2-1-3-23(15(10)9-22)17(25)14-5-12(19)7-21-14/h4-7,10,15,20-21H,1-3,8-9H2/t10-,15+/m0/s1. The van der Waals surface area contributed by atoms with Crippen LogP contribution >= 0.6 is 23.2 Å². The fourth-order valence-electron chi connectivity index (χ4n) is 3.91. The Morgan fingerprint density at radius 3 is 2.24 bits per heavy atom. The van der Waals surface area contributed by atoms with E-state index < -0.39 is 0 Å². The van der Waals surface area contributed by atoms with E-state index >= 15 is 0 Å². The van der Waals surface area contributed by atoms with Gasteiger partial charge in [-0.1, -0.05) is 23.2 Å². The van der Waals surface area contributed by atoms with Crippen molar-refractivity contribution in [2.45, 2.75) is 18.9 Å². The van der Waals surface area contributed by atoms with Gasteiger partial charge in [0.2, 0.25) is 0 Å². The molecule has 2 saturated heterocycles. The number of nitrogens with one attached hydrogen (secondary N) is 2. The molecule has 6 nitrogen and oxygen atoms in total. The summed E-state index contributed by atoms with van der Waals surface area (Å²) in [5.74, 6) is 0.174. The summed E-state index contributed by atoms with van der Waals surface area (Å²) < 4.78 is 0. The maximum Gasteiger partial charge on any atom is 0.270 e. The van der Waals surface area contributed by atoms with E-state index in [1.807, 2.05) is 9.80 Å². The number of aromatic amines is 2.